The molecule has 21 heavy (non-hydrogen) atoms. The monoisotopic (exact) mass is 400 g/mol. The van der Waals surface area contributed by atoms with Gasteiger partial charge < -0.3 is 10.2 Å². The SMILES string of the molecule is CCCCNC(=O)[C@@H]1CCCN1C(=O)c1ccccc1I. The number of hydrogen-bond donors (Lipinski definition) is 1. The van der Waals surface area contributed by atoms with Crippen molar-refractivity contribution in [2.24, 2.45) is 0 Å². The molecule has 1 aliphatic rings. The van der Waals surface area contributed by atoms with Crippen molar-refractivity contribution in [3.8, 4) is 0 Å². The first-order valence-corrected chi connectivity index (χ1v) is 8.56. The first-order chi connectivity index (χ1) is 10.1. The zero-order chi connectivity index (χ0) is 15.2. The molecular weight excluding hydrogens is 379 g/mol. The number of nitrogens with one attached hydrogen (secondary N) is 1. The van der Waals surface area contributed by atoms with Crippen LogP contribution in [-0.4, -0.2) is 35.8 Å². The van der Waals surface area contributed by atoms with Crippen LogP contribution in [-0.2, 0) is 4.79 Å². The van der Waals surface area contributed by atoms with Gasteiger partial charge in [0.05, 0.1) is 5.56 Å². The van der Waals surface area contributed by atoms with E-state index < -0.39 is 0 Å². The van der Waals surface area contributed by atoms with Crippen LogP contribution < -0.4 is 5.32 Å². The minimum absolute atomic E-state index is 0.0137. The largest absolute Gasteiger partial charge is 0.354 e. The summed E-state index contributed by atoms with van der Waals surface area (Å²) in [4.78, 5) is 26.6. The van der Waals surface area contributed by atoms with Gasteiger partial charge in [0.2, 0.25) is 5.91 Å². The molecule has 2 rings (SSSR count). The van der Waals surface area contributed by atoms with Gasteiger partial charge in [-0.1, -0.05) is 25.5 Å². The molecule has 1 fully saturated rings. The highest BCUT2D eigenvalue weighted by Crippen LogP contribution is 2.22. The number of hydrogen-bond acceptors (Lipinski definition) is 2. The molecule has 0 aromatic heterocycles. The fourth-order valence-electron chi connectivity index (χ4n) is 2.58. The third-order valence-corrected chi connectivity index (χ3v) is 4.69. The van der Waals surface area contributed by atoms with Gasteiger partial charge in [0.1, 0.15) is 6.04 Å². The highest BCUT2D eigenvalue weighted by Gasteiger charge is 2.34. The van der Waals surface area contributed by atoms with Gasteiger partial charge >= 0.3 is 0 Å². The van der Waals surface area contributed by atoms with E-state index >= 15 is 0 Å². The molecule has 0 bridgehead atoms. The van der Waals surface area contributed by atoms with Crippen LogP contribution in [0.3, 0.4) is 0 Å². The number of rotatable bonds is 5. The van der Waals surface area contributed by atoms with Crippen molar-refractivity contribution in [2.45, 2.75) is 38.6 Å². The second kappa shape index (κ2) is 7.77. The van der Waals surface area contributed by atoms with Gasteiger partial charge in [-0.05, 0) is 54.0 Å². The number of unbranched alkanes of at least 4 members (excludes halogenated alkanes) is 1. The van der Waals surface area contributed by atoms with E-state index in [4.69, 9.17) is 0 Å². The van der Waals surface area contributed by atoms with Crippen LogP contribution >= 0.6 is 22.6 Å². The van der Waals surface area contributed by atoms with Crippen LogP contribution in [0.5, 0.6) is 0 Å². The fraction of sp³-hybridized carbons (Fsp3) is 0.500. The van der Waals surface area contributed by atoms with Gasteiger partial charge in [0.25, 0.3) is 5.91 Å². The average molecular weight is 400 g/mol. The van der Waals surface area contributed by atoms with E-state index in [-0.39, 0.29) is 17.9 Å². The summed E-state index contributed by atoms with van der Waals surface area (Å²) in [6.45, 7) is 3.45. The maximum atomic E-state index is 12.7. The summed E-state index contributed by atoms with van der Waals surface area (Å²) in [5, 5.41) is 2.94. The van der Waals surface area contributed by atoms with Gasteiger partial charge in [0, 0.05) is 16.7 Å². The number of benzene rings is 1. The second-order valence-electron chi connectivity index (χ2n) is 5.28. The summed E-state index contributed by atoms with van der Waals surface area (Å²) in [5.74, 6) is -0.0478. The molecule has 1 aliphatic heterocycles. The molecular formula is C16H21IN2O2. The summed E-state index contributed by atoms with van der Waals surface area (Å²) in [5.41, 5.74) is 0.686. The third-order valence-electron chi connectivity index (χ3n) is 3.75. The lowest BCUT2D eigenvalue weighted by atomic mass is 10.1. The van der Waals surface area contributed by atoms with E-state index in [1.165, 1.54) is 0 Å². The predicted molar refractivity (Wildman–Crippen MR) is 91.1 cm³/mol. The van der Waals surface area contributed by atoms with E-state index in [1.54, 1.807) is 4.90 Å². The molecule has 1 N–H and O–H groups in total. The highest BCUT2D eigenvalue weighted by atomic mass is 127. The predicted octanol–water partition coefficient (Wildman–Crippen LogP) is 2.81. The molecule has 5 heteroatoms. The topological polar surface area (TPSA) is 49.4 Å². The summed E-state index contributed by atoms with van der Waals surface area (Å²) in [6.07, 6.45) is 3.67. The van der Waals surface area contributed by atoms with Crippen molar-refractivity contribution >= 4 is 34.4 Å². The molecule has 1 aromatic rings. The van der Waals surface area contributed by atoms with Gasteiger partial charge in [-0.25, -0.2) is 0 Å². The molecule has 0 aliphatic carbocycles. The standard InChI is InChI=1S/C16H21IN2O2/c1-2-3-10-18-15(20)14-9-6-11-19(14)16(21)12-7-4-5-8-13(12)17/h4-5,7-8,14H,2-3,6,9-11H2,1H3,(H,18,20)/t14-/m0/s1. The summed E-state index contributed by atoms with van der Waals surface area (Å²) >= 11 is 2.17. The smallest absolute Gasteiger partial charge is 0.255 e. The van der Waals surface area contributed by atoms with E-state index in [0.717, 1.165) is 29.3 Å². The molecule has 2 amide bonds. The van der Waals surface area contributed by atoms with E-state index in [0.29, 0.717) is 18.7 Å². The molecule has 1 atom stereocenters. The Labute approximate surface area is 139 Å². The summed E-state index contributed by atoms with van der Waals surface area (Å²) < 4.78 is 0.928. The first kappa shape index (κ1) is 16.3. The minimum Gasteiger partial charge on any atom is -0.354 e. The first-order valence-electron chi connectivity index (χ1n) is 7.48. The molecule has 1 saturated heterocycles. The normalized spacial score (nSPS) is 17.8. The maximum Gasteiger partial charge on any atom is 0.255 e. The Morgan fingerprint density at radius 1 is 1.38 bits per heavy atom. The quantitative estimate of drug-likeness (QED) is 0.611. The van der Waals surface area contributed by atoms with E-state index in [1.807, 2.05) is 24.3 Å². The summed E-state index contributed by atoms with van der Waals surface area (Å²) in [7, 11) is 0. The Kier molecular flexibility index (Phi) is 6.02. The molecule has 1 heterocycles. The molecule has 0 radical (unpaired) electrons. The number of amides is 2. The number of nitrogens with zero attached hydrogens (tertiary/aromatic N) is 1. The van der Waals surface area contributed by atoms with Crippen LogP contribution in [0.4, 0.5) is 0 Å². The molecule has 0 saturated carbocycles. The number of carbonyl (C=O) groups excluding carboxylic acids is 2. The molecule has 1 aromatic carbocycles. The Balaban J connectivity index is 2.06. The zero-order valence-corrected chi connectivity index (χ0v) is 14.4. The van der Waals surface area contributed by atoms with Crippen molar-refractivity contribution in [1.82, 2.24) is 10.2 Å². The van der Waals surface area contributed by atoms with Crippen LogP contribution in [0.1, 0.15) is 43.0 Å². The van der Waals surface area contributed by atoms with Crippen LogP contribution in [0.2, 0.25) is 0 Å². The van der Waals surface area contributed by atoms with Gasteiger partial charge in [-0.15, -0.1) is 0 Å². The van der Waals surface area contributed by atoms with E-state index in [2.05, 4.69) is 34.8 Å². The van der Waals surface area contributed by atoms with Gasteiger partial charge in [-0.3, -0.25) is 9.59 Å². The zero-order valence-electron chi connectivity index (χ0n) is 12.3. The summed E-state index contributed by atoms with van der Waals surface area (Å²) in [6, 6.07) is 7.21. The Bertz CT molecular complexity index is 519. The fourth-order valence-corrected chi connectivity index (χ4v) is 3.20. The highest BCUT2D eigenvalue weighted by molar-refractivity contribution is 14.1. The molecule has 0 unspecified atom stereocenters. The Morgan fingerprint density at radius 3 is 2.86 bits per heavy atom. The minimum atomic E-state index is -0.314. The lowest BCUT2D eigenvalue weighted by molar-refractivity contribution is -0.124. The number of carbonyl (C=O) groups is 2. The molecule has 114 valence electrons. The molecule has 4 nitrogen and oxygen atoms in total. The van der Waals surface area contributed by atoms with Gasteiger partial charge in [-0.2, -0.15) is 0 Å². The van der Waals surface area contributed by atoms with Crippen LogP contribution in [0.15, 0.2) is 24.3 Å². The maximum absolute atomic E-state index is 12.7. The number of halogens is 1. The lowest BCUT2D eigenvalue weighted by Gasteiger charge is -2.24. The third kappa shape index (κ3) is 3.96. The van der Waals surface area contributed by atoms with Gasteiger partial charge in [0.15, 0.2) is 0 Å². The van der Waals surface area contributed by atoms with E-state index in [9.17, 15) is 9.59 Å². The van der Waals surface area contributed by atoms with Crippen molar-refractivity contribution < 1.29 is 9.59 Å². The molecule has 0 spiro atoms. The van der Waals surface area contributed by atoms with Crippen molar-refractivity contribution in [3.63, 3.8) is 0 Å². The van der Waals surface area contributed by atoms with Crippen molar-refractivity contribution in [1.29, 1.82) is 0 Å². The van der Waals surface area contributed by atoms with Crippen LogP contribution in [0.25, 0.3) is 0 Å². The number of likely N-dealkylation sites (tertiary alicyclic amines) is 1. The van der Waals surface area contributed by atoms with Crippen molar-refractivity contribution in [3.05, 3.63) is 33.4 Å². The Hall–Kier alpha value is -1.11. The van der Waals surface area contributed by atoms with Crippen LogP contribution in [0, 0.1) is 3.57 Å². The average Bonchev–Trinajstić information content (AvgIpc) is 2.96. The second-order valence-corrected chi connectivity index (χ2v) is 6.44. The van der Waals surface area contributed by atoms with Crippen molar-refractivity contribution in [2.75, 3.05) is 13.1 Å². The lowest BCUT2D eigenvalue weighted by Crippen LogP contribution is -2.46. The Morgan fingerprint density at radius 2 is 2.14 bits per heavy atom.